The monoisotopic (exact) mass is 420 g/mol. The van der Waals surface area contributed by atoms with Crippen LogP contribution in [-0.2, 0) is 20.6 Å². The predicted molar refractivity (Wildman–Crippen MR) is 92.4 cm³/mol. The van der Waals surface area contributed by atoms with Gasteiger partial charge in [0.15, 0.2) is 0 Å². The van der Waals surface area contributed by atoms with Gasteiger partial charge in [0, 0.05) is 19.2 Å². The number of anilines is 1. The van der Waals surface area contributed by atoms with Gasteiger partial charge >= 0.3 is 12.2 Å². The van der Waals surface area contributed by atoms with Gasteiger partial charge in [0.1, 0.15) is 6.04 Å². The van der Waals surface area contributed by atoms with Crippen molar-refractivity contribution in [2.24, 2.45) is 0 Å². The van der Waals surface area contributed by atoms with Gasteiger partial charge in [0.25, 0.3) is 5.91 Å². The third-order valence-electron chi connectivity index (χ3n) is 3.87. The minimum Gasteiger partial charge on any atom is -0.336 e. The molecule has 1 aliphatic heterocycles. The van der Waals surface area contributed by atoms with Crippen LogP contribution in [0.5, 0.6) is 0 Å². The van der Waals surface area contributed by atoms with Gasteiger partial charge in [-0.1, -0.05) is 11.6 Å². The molecule has 0 radical (unpaired) electrons. The van der Waals surface area contributed by atoms with Gasteiger partial charge in [-0.15, -0.1) is 0 Å². The normalized spacial score (nSPS) is 16.4. The molecule has 5 amide bonds. The molecule has 1 saturated heterocycles. The number of imide groups is 1. The maximum Gasteiger partial charge on any atom is 0.417 e. The highest BCUT2D eigenvalue weighted by molar-refractivity contribution is 6.31. The third kappa shape index (κ3) is 5.59. The van der Waals surface area contributed by atoms with Crippen LogP contribution >= 0.6 is 11.6 Å². The molecule has 1 heterocycles. The maximum atomic E-state index is 12.8. The van der Waals surface area contributed by atoms with E-state index in [1.54, 1.807) is 0 Å². The summed E-state index contributed by atoms with van der Waals surface area (Å²) in [7, 11) is 1.33. The zero-order valence-electron chi connectivity index (χ0n) is 14.5. The Balaban J connectivity index is 1.87. The highest BCUT2D eigenvalue weighted by Crippen LogP contribution is 2.36. The molecule has 1 fully saturated rings. The molecule has 3 N–H and O–H groups in total. The molecule has 1 atom stereocenters. The number of benzene rings is 1. The second-order valence-electron chi connectivity index (χ2n) is 6.04. The molecule has 1 aromatic carbocycles. The number of alkyl halides is 3. The minimum atomic E-state index is -4.67. The molecule has 0 unspecified atom stereocenters. The number of carbonyl (C=O) groups excluding carboxylic acids is 4. The summed E-state index contributed by atoms with van der Waals surface area (Å²) in [6.45, 7) is -0.411. The second-order valence-corrected chi connectivity index (χ2v) is 6.45. The lowest BCUT2D eigenvalue weighted by atomic mass is 10.1. The summed E-state index contributed by atoms with van der Waals surface area (Å²) < 4.78 is 38.5. The van der Waals surface area contributed by atoms with Crippen LogP contribution < -0.4 is 16.0 Å². The van der Waals surface area contributed by atoms with Crippen molar-refractivity contribution in [3.8, 4) is 0 Å². The summed E-state index contributed by atoms with van der Waals surface area (Å²) >= 11 is 5.51. The molecular weight excluding hydrogens is 405 g/mol. The Kier molecular flexibility index (Phi) is 6.49. The van der Waals surface area contributed by atoms with Crippen LogP contribution in [0.1, 0.15) is 18.4 Å². The van der Waals surface area contributed by atoms with Crippen LogP contribution in [0.25, 0.3) is 0 Å². The van der Waals surface area contributed by atoms with Crippen molar-refractivity contribution in [2.45, 2.75) is 25.1 Å². The molecule has 0 saturated carbocycles. The standard InChI is InChI=1S/C16H16ClF3N4O4/c1-24(13(26)5-4-11-14(27)23-15(28)22-11)7-12(25)21-8-2-3-10(17)9(6-8)16(18,19)20/h2-3,6,11H,4-5,7H2,1H3,(H,21,25)(H2,22,23,27,28)/t11-/m1/s1. The molecule has 0 spiro atoms. The fourth-order valence-electron chi connectivity index (χ4n) is 2.45. The van der Waals surface area contributed by atoms with Crippen LogP contribution in [-0.4, -0.2) is 48.3 Å². The van der Waals surface area contributed by atoms with Crippen LogP contribution in [0.4, 0.5) is 23.7 Å². The molecule has 28 heavy (non-hydrogen) atoms. The van der Waals surface area contributed by atoms with E-state index in [9.17, 15) is 32.3 Å². The number of amides is 5. The number of carbonyl (C=O) groups is 4. The first-order chi connectivity index (χ1) is 13.0. The van der Waals surface area contributed by atoms with Crippen LogP contribution in [0, 0.1) is 0 Å². The lowest BCUT2D eigenvalue weighted by Gasteiger charge is -2.18. The number of hydrogen-bond acceptors (Lipinski definition) is 4. The molecule has 152 valence electrons. The number of nitrogens with one attached hydrogen (secondary N) is 3. The van der Waals surface area contributed by atoms with E-state index in [1.807, 2.05) is 5.32 Å². The summed E-state index contributed by atoms with van der Waals surface area (Å²) in [5, 5.41) is 6.14. The van der Waals surface area contributed by atoms with Gasteiger partial charge in [-0.25, -0.2) is 4.79 Å². The molecule has 12 heteroatoms. The Morgan fingerprint density at radius 3 is 2.54 bits per heavy atom. The van der Waals surface area contributed by atoms with Crippen molar-refractivity contribution in [1.82, 2.24) is 15.5 Å². The average molecular weight is 421 g/mol. The number of hydrogen-bond donors (Lipinski definition) is 3. The highest BCUT2D eigenvalue weighted by Gasteiger charge is 2.33. The smallest absolute Gasteiger partial charge is 0.336 e. The largest absolute Gasteiger partial charge is 0.417 e. The highest BCUT2D eigenvalue weighted by atomic mass is 35.5. The van der Waals surface area contributed by atoms with Crippen molar-refractivity contribution in [3.63, 3.8) is 0 Å². The van der Waals surface area contributed by atoms with E-state index in [1.165, 1.54) is 13.1 Å². The van der Waals surface area contributed by atoms with E-state index < -0.39 is 53.1 Å². The summed E-state index contributed by atoms with van der Waals surface area (Å²) in [6.07, 6.45) is -4.73. The van der Waals surface area contributed by atoms with Crippen LogP contribution in [0.3, 0.4) is 0 Å². The van der Waals surface area contributed by atoms with E-state index >= 15 is 0 Å². The Morgan fingerprint density at radius 2 is 1.96 bits per heavy atom. The van der Waals surface area contributed by atoms with Gasteiger partial charge in [-0.05, 0) is 24.6 Å². The SMILES string of the molecule is CN(CC(=O)Nc1ccc(Cl)c(C(F)(F)F)c1)C(=O)CC[C@H]1NC(=O)NC1=O. The number of urea groups is 1. The van der Waals surface area contributed by atoms with Crippen LogP contribution in [0.2, 0.25) is 5.02 Å². The quantitative estimate of drug-likeness (QED) is 0.609. The van der Waals surface area contributed by atoms with Gasteiger partial charge in [0.05, 0.1) is 17.1 Å². The first-order valence-electron chi connectivity index (χ1n) is 7.99. The molecule has 0 aromatic heterocycles. The Labute approximate surface area is 162 Å². The average Bonchev–Trinajstić information content (AvgIpc) is 2.90. The van der Waals surface area contributed by atoms with Gasteiger partial charge in [-0.2, -0.15) is 13.2 Å². The molecule has 1 aromatic rings. The first kappa shape index (κ1) is 21.5. The molecule has 2 rings (SSSR count). The number of nitrogens with zero attached hydrogens (tertiary/aromatic N) is 1. The molecule has 1 aliphatic rings. The topological polar surface area (TPSA) is 108 Å². The zero-order valence-corrected chi connectivity index (χ0v) is 15.3. The molecule has 0 aliphatic carbocycles. The van der Waals surface area contributed by atoms with Crippen molar-refractivity contribution in [2.75, 3.05) is 18.9 Å². The number of likely N-dealkylation sites (N-methyl/N-ethyl adjacent to an activating group) is 1. The second kappa shape index (κ2) is 8.46. The van der Waals surface area contributed by atoms with Crippen molar-refractivity contribution in [1.29, 1.82) is 0 Å². The Bertz CT molecular complexity index is 816. The van der Waals surface area contributed by atoms with E-state index in [0.717, 1.165) is 11.0 Å². The van der Waals surface area contributed by atoms with E-state index in [-0.39, 0.29) is 18.5 Å². The molecular formula is C16H16ClF3N4O4. The predicted octanol–water partition coefficient (Wildman–Crippen LogP) is 1.74. The minimum absolute atomic E-state index is 0.0501. The zero-order chi connectivity index (χ0) is 21.1. The van der Waals surface area contributed by atoms with Crippen LogP contribution in [0.15, 0.2) is 18.2 Å². The van der Waals surface area contributed by atoms with Crippen molar-refractivity contribution >= 4 is 41.0 Å². The van der Waals surface area contributed by atoms with E-state index in [4.69, 9.17) is 11.6 Å². The molecule has 0 bridgehead atoms. The fourth-order valence-corrected chi connectivity index (χ4v) is 2.67. The van der Waals surface area contributed by atoms with Crippen molar-refractivity contribution in [3.05, 3.63) is 28.8 Å². The Hall–Kier alpha value is -2.82. The lowest BCUT2D eigenvalue weighted by molar-refractivity contribution is -0.137. The third-order valence-corrected chi connectivity index (χ3v) is 4.20. The molecule has 8 nitrogen and oxygen atoms in total. The lowest BCUT2D eigenvalue weighted by Crippen LogP contribution is -2.36. The maximum absolute atomic E-state index is 12.8. The summed E-state index contributed by atoms with van der Waals surface area (Å²) in [5.41, 5.74) is -1.21. The van der Waals surface area contributed by atoms with E-state index in [2.05, 4.69) is 10.6 Å². The summed E-state index contributed by atoms with van der Waals surface area (Å²) in [6, 6.07) is 1.45. The Morgan fingerprint density at radius 1 is 1.29 bits per heavy atom. The summed E-state index contributed by atoms with van der Waals surface area (Å²) in [4.78, 5) is 47.5. The van der Waals surface area contributed by atoms with Gasteiger partial charge in [-0.3, -0.25) is 19.7 Å². The van der Waals surface area contributed by atoms with Gasteiger partial charge in [0.2, 0.25) is 11.8 Å². The fraction of sp³-hybridized carbons (Fsp3) is 0.375. The van der Waals surface area contributed by atoms with Gasteiger partial charge < -0.3 is 15.5 Å². The summed E-state index contributed by atoms with van der Waals surface area (Å²) in [5.74, 6) is -1.73. The van der Waals surface area contributed by atoms with E-state index in [0.29, 0.717) is 6.07 Å². The number of rotatable bonds is 6. The first-order valence-corrected chi connectivity index (χ1v) is 8.37. The number of halogens is 4. The van der Waals surface area contributed by atoms with Crippen molar-refractivity contribution < 1.29 is 32.3 Å².